The van der Waals surface area contributed by atoms with Gasteiger partial charge in [-0.1, -0.05) is 13.8 Å². The smallest absolute Gasteiger partial charge is 0.225 e. The minimum Gasteiger partial charge on any atom is -0.394 e. The van der Waals surface area contributed by atoms with Gasteiger partial charge in [0.15, 0.2) is 11.6 Å². The molecule has 10 heteroatoms. The Labute approximate surface area is 205 Å². The number of nitrogens with zero attached hydrogens (tertiary/aromatic N) is 7. The molecule has 0 spiro atoms. The summed E-state index contributed by atoms with van der Waals surface area (Å²) in [5, 5.41) is 7.42. The maximum Gasteiger partial charge on any atom is 0.225 e. The van der Waals surface area contributed by atoms with Crippen LogP contribution < -0.4 is 15.5 Å². The molecule has 5 heterocycles. The summed E-state index contributed by atoms with van der Waals surface area (Å²) in [5.41, 5.74) is 9.21. The number of nitrogens with two attached hydrogens (primary N) is 1. The Balaban J connectivity index is 1.51. The fraction of sp³-hybridized carbons (Fsp3) is 0.542. The topological polar surface area (TPSA) is 113 Å². The number of hydrogen-bond donors (Lipinski definition) is 2. The Hall–Kier alpha value is -2.94. The molecule has 2 aliphatic heterocycles. The van der Waals surface area contributed by atoms with Crippen molar-refractivity contribution in [2.24, 2.45) is 11.8 Å². The van der Waals surface area contributed by atoms with E-state index in [4.69, 9.17) is 27.3 Å². The van der Waals surface area contributed by atoms with Crippen LogP contribution in [0.1, 0.15) is 57.1 Å². The van der Waals surface area contributed by atoms with Gasteiger partial charge in [-0.2, -0.15) is 10.1 Å². The molecule has 3 N–H and O–H groups in total. The zero-order valence-electron chi connectivity index (χ0n) is 20.0. The first-order chi connectivity index (χ1) is 16.4. The summed E-state index contributed by atoms with van der Waals surface area (Å²) in [6.07, 6.45) is 6.20. The standard InChI is InChI=1S/C24H32ClN9/c1-14-5-9-33(10-6-14)19-4-8-27-22(28-19)18-12-15(2)7-11-34(18)23-20(26)21(29-24(25)30-23)17-13-16(3)31-32-17/h4,8,13-15,18H,5-7,9-12,26H2,1-3H3,(H,31,32). The molecule has 2 aliphatic rings. The Morgan fingerprint density at radius 3 is 2.56 bits per heavy atom. The van der Waals surface area contributed by atoms with Gasteiger partial charge in [-0.3, -0.25) is 5.10 Å². The van der Waals surface area contributed by atoms with E-state index < -0.39 is 0 Å². The van der Waals surface area contributed by atoms with Gasteiger partial charge >= 0.3 is 0 Å². The molecule has 5 rings (SSSR count). The Bertz CT molecular complexity index is 1160. The second-order valence-corrected chi connectivity index (χ2v) is 10.1. The molecule has 0 saturated carbocycles. The van der Waals surface area contributed by atoms with Crippen LogP contribution in [0, 0.1) is 18.8 Å². The van der Waals surface area contributed by atoms with Crippen molar-refractivity contribution in [1.82, 2.24) is 30.1 Å². The van der Waals surface area contributed by atoms with E-state index in [1.807, 2.05) is 25.3 Å². The molecule has 0 amide bonds. The fourth-order valence-corrected chi connectivity index (χ4v) is 5.13. The number of aromatic amines is 1. The summed E-state index contributed by atoms with van der Waals surface area (Å²) in [6.45, 7) is 9.38. The lowest BCUT2D eigenvalue weighted by atomic mass is 9.91. The highest BCUT2D eigenvalue weighted by atomic mass is 35.5. The number of piperidine rings is 2. The van der Waals surface area contributed by atoms with E-state index in [9.17, 15) is 0 Å². The minimum atomic E-state index is -0.0468. The van der Waals surface area contributed by atoms with Crippen LogP contribution in [-0.4, -0.2) is 49.8 Å². The van der Waals surface area contributed by atoms with E-state index >= 15 is 0 Å². The van der Waals surface area contributed by atoms with Gasteiger partial charge < -0.3 is 15.5 Å². The van der Waals surface area contributed by atoms with E-state index in [2.05, 4.69) is 43.8 Å². The normalized spacial score (nSPS) is 21.8. The molecular formula is C24H32ClN9. The molecule has 0 aromatic carbocycles. The van der Waals surface area contributed by atoms with Gasteiger partial charge in [0.2, 0.25) is 5.28 Å². The van der Waals surface area contributed by atoms with Crippen molar-refractivity contribution < 1.29 is 0 Å². The van der Waals surface area contributed by atoms with Gasteiger partial charge in [0, 0.05) is 31.5 Å². The van der Waals surface area contributed by atoms with Crippen molar-refractivity contribution in [1.29, 1.82) is 0 Å². The van der Waals surface area contributed by atoms with Gasteiger partial charge in [-0.05, 0) is 68.2 Å². The summed E-state index contributed by atoms with van der Waals surface area (Å²) in [6, 6.07) is 3.87. The van der Waals surface area contributed by atoms with Crippen LogP contribution in [0.2, 0.25) is 5.28 Å². The van der Waals surface area contributed by atoms with E-state index in [1.54, 1.807) is 0 Å². The number of hydrogen-bond acceptors (Lipinski definition) is 8. The molecule has 2 fully saturated rings. The number of halogens is 1. The molecule has 0 radical (unpaired) electrons. The molecule has 3 aromatic heterocycles. The SMILES string of the molecule is Cc1cc(-c2nc(Cl)nc(N3CCC(C)CC3c3nccc(N4CCC(C)CC4)n3)c2N)n[nH]1. The summed E-state index contributed by atoms with van der Waals surface area (Å²) in [4.78, 5) is 23.3. The summed E-state index contributed by atoms with van der Waals surface area (Å²) in [5.74, 6) is 3.72. The number of rotatable bonds is 4. The Morgan fingerprint density at radius 2 is 1.82 bits per heavy atom. The second-order valence-electron chi connectivity index (χ2n) is 9.80. The number of aryl methyl sites for hydroxylation is 1. The van der Waals surface area contributed by atoms with Crippen LogP contribution in [0.15, 0.2) is 18.3 Å². The molecule has 9 nitrogen and oxygen atoms in total. The van der Waals surface area contributed by atoms with Crippen LogP contribution in [0.25, 0.3) is 11.4 Å². The van der Waals surface area contributed by atoms with Crippen LogP contribution in [0.4, 0.5) is 17.3 Å². The number of nitrogen functional groups attached to an aromatic ring is 1. The van der Waals surface area contributed by atoms with E-state index in [1.165, 1.54) is 12.8 Å². The maximum atomic E-state index is 6.63. The van der Waals surface area contributed by atoms with Gasteiger partial charge in [-0.15, -0.1) is 0 Å². The summed E-state index contributed by atoms with van der Waals surface area (Å²) >= 11 is 6.38. The quantitative estimate of drug-likeness (QED) is 0.526. The fourth-order valence-electron chi connectivity index (χ4n) is 4.96. The molecule has 2 atom stereocenters. The zero-order valence-corrected chi connectivity index (χ0v) is 20.8. The lowest BCUT2D eigenvalue weighted by molar-refractivity contribution is 0.357. The van der Waals surface area contributed by atoms with Crippen LogP contribution in [0.3, 0.4) is 0 Å². The highest BCUT2D eigenvalue weighted by Crippen LogP contribution is 2.40. The van der Waals surface area contributed by atoms with Crippen molar-refractivity contribution in [3.63, 3.8) is 0 Å². The van der Waals surface area contributed by atoms with E-state index in [0.717, 1.165) is 55.7 Å². The maximum absolute atomic E-state index is 6.63. The van der Waals surface area contributed by atoms with Crippen molar-refractivity contribution in [2.75, 3.05) is 35.2 Å². The third-order valence-electron chi connectivity index (χ3n) is 7.05. The molecule has 0 aliphatic carbocycles. The molecule has 2 unspecified atom stereocenters. The highest BCUT2D eigenvalue weighted by molar-refractivity contribution is 6.28. The number of H-pyrrole nitrogens is 1. The van der Waals surface area contributed by atoms with Crippen molar-refractivity contribution >= 4 is 28.9 Å². The largest absolute Gasteiger partial charge is 0.394 e. The average molecular weight is 482 g/mol. The monoisotopic (exact) mass is 481 g/mol. The van der Waals surface area contributed by atoms with E-state index in [-0.39, 0.29) is 11.3 Å². The third-order valence-corrected chi connectivity index (χ3v) is 7.22. The number of nitrogens with one attached hydrogen (secondary N) is 1. The van der Waals surface area contributed by atoms with Gasteiger partial charge in [0.25, 0.3) is 0 Å². The summed E-state index contributed by atoms with van der Waals surface area (Å²) < 4.78 is 0. The van der Waals surface area contributed by atoms with E-state index in [0.29, 0.717) is 28.8 Å². The lowest BCUT2D eigenvalue weighted by Gasteiger charge is -2.39. The van der Waals surface area contributed by atoms with Crippen molar-refractivity contribution in [3.05, 3.63) is 35.1 Å². The first-order valence-electron chi connectivity index (χ1n) is 12.1. The Morgan fingerprint density at radius 1 is 1.06 bits per heavy atom. The molecular weight excluding hydrogens is 450 g/mol. The number of anilines is 3. The first-order valence-corrected chi connectivity index (χ1v) is 12.5. The van der Waals surface area contributed by atoms with Gasteiger partial charge in [0.1, 0.15) is 22.9 Å². The van der Waals surface area contributed by atoms with Crippen LogP contribution in [0.5, 0.6) is 0 Å². The predicted molar refractivity (Wildman–Crippen MR) is 135 cm³/mol. The molecule has 180 valence electrons. The molecule has 2 saturated heterocycles. The molecule has 3 aromatic rings. The molecule has 0 bridgehead atoms. The minimum absolute atomic E-state index is 0.0468. The van der Waals surface area contributed by atoms with Gasteiger partial charge in [0.05, 0.1) is 6.04 Å². The van der Waals surface area contributed by atoms with Gasteiger partial charge in [-0.25, -0.2) is 15.0 Å². The zero-order chi connectivity index (χ0) is 23.8. The number of aromatic nitrogens is 6. The second kappa shape index (κ2) is 9.37. The Kier molecular flexibility index (Phi) is 6.29. The third kappa shape index (κ3) is 4.53. The lowest BCUT2D eigenvalue weighted by Crippen LogP contribution is -2.39. The van der Waals surface area contributed by atoms with Crippen molar-refractivity contribution in [2.45, 2.75) is 52.5 Å². The first kappa shape index (κ1) is 22.8. The highest BCUT2D eigenvalue weighted by Gasteiger charge is 2.33. The average Bonchev–Trinajstić information content (AvgIpc) is 3.27. The predicted octanol–water partition coefficient (Wildman–Crippen LogP) is 4.41. The van der Waals surface area contributed by atoms with Crippen LogP contribution >= 0.6 is 11.6 Å². The summed E-state index contributed by atoms with van der Waals surface area (Å²) in [7, 11) is 0. The molecule has 34 heavy (non-hydrogen) atoms. The van der Waals surface area contributed by atoms with Crippen molar-refractivity contribution in [3.8, 4) is 11.4 Å². The van der Waals surface area contributed by atoms with Crippen LogP contribution in [-0.2, 0) is 0 Å².